The van der Waals surface area contributed by atoms with Crippen LogP contribution in [-0.2, 0) is 13.1 Å². The van der Waals surface area contributed by atoms with Crippen molar-refractivity contribution in [3.63, 3.8) is 0 Å². The van der Waals surface area contributed by atoms with Crippen molar-refractivity contribution in [3.05, 3.63) is 86.8 Å². The van der Waals surface area contributed by atoms with Gasteiger partial charge in [-0.2, -0.15) is 5.26 Å². The van der Waals surface area contributed by atoms with E-state index in [1.807, 2.05) is 35.2 Å². The molecule has 3 aromatic heterocycles. The van der Waals surface area contributed by atoms with Gasteiger partial charge in [-0.3, -0.25) is 19.1 Å². The van der Waals surface area contributed by atoms with Gasteiger partial charge in [0.05, 0.1) is 36.0 Å². The standard InChI is InChI=1S/C26H25N7O2S/c27-12-17-6-1-2-7-18(17)14-33-25(35)23-22(31-26(33)32-11-5-8-19(28)15-32)21(16-36-23)24(34)30-13-20-9-3-4-10-29-20/h1-4,6-7,9-10,16,19H,5,8,11,13-15,28H2,(H,30,34)/t19-/m1/s1. The lowest BCUT2D eigenvalue weighted by molar-refractivity contribution is 0.0952. The van der Waals surface area contributed by atoms with Crippen LogP contribution in [-0.4, -0.2) is 39.6 Å². The Hall–Kier alpha value is -4.07. The van der Waals surface area contributed by atoms with Gasteiger partial charge in [-0.05, 0) is 36.6 Å². The van der Waals surface area contributed by atoms with Crippen molar-refractivity contribution in [2.24, 2.45) is 5.73 Å². The number of nitrogens with one attached hydrogen (secondary N) is 1. The fourth-order valence-electron chi connectivity index (χ4n) is 4.43. The first-order valence-corrected chi connectivity index (χ1v) is 12.6. The van der Waals surface area contributed by atoms with Crippen LogP contribution in [0.2, 0.25) is 0 Å². The second-order valence-corrected chi connectivity index (χ2v) is 9.63. The SMILES string of the molecule is N#Cc1ccccc1Cn1c(N2CCC[C@@H](N)C2)nc2c(C(=O)NCc3ccccn3)csc2c1=O. The average Bonchev–Trinajstić information content (AvgIpc) is 3.34. The highest BCUT2D eigenvalue weighted by molar-refractivity contribution is 7.17. The number of piperidine rings is 1. The molecular formula is C26H25N7O2S. The molecule has 4 aromatic rings. The Kier molecular flexibility index (Phi) is 6.75. The number of carbonyl (C=O) groups excluding carboxylic acids is 1. The zero-order valence-electron chi connectivity index (χ0n) is 19.6. The van der Waals surface area contributed by atoms with Gasteiger partial charge in [0.25, 0.3) is 11.5 Å². The summed E-state index contributed by atoms with van der Waals surface area (Å²) in [7, 11) is 0. The predicted octanol–water partition coefficient (Wildman–Crippen LogP) is 2.63. The van der Waals surface area contributed by atoms with Gasteiger partial charge in [-0.15, -0.1) is 11.3 Å². The Morgan fingerprint density at radius 3 is 2.86 bits per heavy atom. The van der Waals surface area contributed by atoms with Crippen LogP contribution >= 0.6 is 11.3 Å². The number of nitriles is 1. The number of hydrogen-bond donors (Lipinski definition) is 2. The van der Waals surface area contributed by atoms with Gasteiger partial charge in [0.15, 0.2) is 0 Å². The van der Waals surface area contributed by atoms with Gasteiger partial charge in [0.2, 0.25) is 5.95 Å². The number of amides is 1. The first-order chi connectivity index (χ1) is 17.5. The van der Waals surface area contributed by atoms with Crippen molar-refractivity contribution >= 4 is 33.4 Å². The molecule has 0 saturated carbocycles. The molecule has 9 nitrogen and oxygen atoms in total. The Labute approximate surface area is 211 Å². The van der Waals surface area contributed by atoms with Crippen molar-refractivity contribution in [3.8, 4) is 6.07 Å². The van der Waals surface area contributed by atoms with Gasteiger partial charge in [-0.1, -0.05) is 24.3 Å². The molecule has 0 spiro atoms. The molecule has 36 heavy (non-hydrogen) atoms. The number of fused-ring (bicyclic) bond motifs is 1. The average molecular weight is 500 g/mol. The molecule has 3 N–H and O–H groups in total. The summed E-state index contributed by atoms with van der Waals surface area (Å²) in [6.07, 6.45) is 3.45. The van der Waals surface area contributed by atoms with Crippen molar-refractivity contribution in [2.75, 3.05) is 18.0 Å². The molecule has 0 radical (unpaired) electrons. The topological polar surface area (TPSA) is 130 Å². The van der Waals surface area contributed by atoms with E-state index in [9.17, 15) is 14.9 Å². The molecule has 1 saturated heterocycles. The van der Waals surface area contributed by atoms with Crippen LogP contribution in [0.3, 0.4) is 0 Å². The van der Waals surface area contributed by atoms with E-state index in [0.717, 1.165) is 24.1 Å². The summed E-state index contributed by atoms with van der Waals surface area (Å²) in [5.74, 6) is 0.153. The van der Waals surface area contributed by atoms with Crippen molar-refractivity contribution in [1.82, 2.24) is 19.9 Å². The zero-order chi connectivity index (χ0) is 25.1. The second-order valence-electron chi connectivity index (χ2n) is 8.75. The second kappa shape index (κ2) is 10.3. The van der Waals surface area contributed by atoms with E-state index in [2.05, 4.69) is 16.4 Å². The van der Waals surface area contributed by atoms with Crippen LogP contribution in [0.4, 0.5) is 5.95 Å². The van der Waals surface area contributed by atoms with Crippen LogP contribution in [0.25, 0.3) is 10.2 Å². The van der Waals surface area contributed by atoms with Gasteiger partial charge in [0, 0.05) is 30.7 Å². The van der Waals surface area contributed by atoms with Crippen LogP contribution in [0.1, 0.15) is 40.0 Å². The molecule has 1 aliphatic rings. The molecule has 182 valence electrons. The van der Waals surface area contributed by atoms with Crippen molar-refractivity contribution in [1.29, 1.82) is 5.26 Å². The van der Waals surface area contributed by atoms with Crippen LogP contribution in [0, 0.1) is 11.3 Å². The number of carbonyl (C=O) groups is 1. The van der Waals surface area contributed by atoms with E-state index < -0.39 is 0 Å². The summed E-state index contributed by atoms with van der Waals surface area (Å²) in [5, 5.41) is 14.1. The molecule has 1 fully saturated rings. The van der Waals surface area contributed by atoms with E-state index >= 15 is 0 Å². The fourth-order valence-corrected chi connectivity index (χ4v) is 5.36. The first kappa shape index (κ1) is 23.7. The van der Waals surface area contributed by atoms with Crippen LogP contribution in [0.15, 0.2) is 58.8 Å². The van der Waals surface area contributed by atoms with Gasteiger partial charge in [0.1, 0.15) is 10.2 Å². The Bertz CT molecular complexity index is 1510. The van der Waals surface area contributed by atoms with Crippen LogP contribution < -0.4 is 21.5 Å². The Morgan fingerprint density at radius 1 is 1.25 bits per heavy atom. The molecule has 10 heteroatoms. The molecule has 1 atom stereocenters. The minimum atomic E-state index is -0.312. The summed E-state index contributed by atoms with van der Waals surface area (Å²) >= 11 is 1.20. The lowest BCUT2D eigenvalue weighted by Crippen LogP contribution is -2.45. The highest BCUT2D eigenvalue weighted by atomic mass is 32.1. The number of anilines is 1. The number of thiophene rings is 1. The number of aromatic nitrogens is 3. The molecule has 5 rings (SSSR count). The molecule has 1 aromatic carbocycles. The molecule has 0 bridgehead atoms. The normalized spacial score (nSPS) is 15.6. The molecule has 0 aliphatic carbocycles. The summed E-state index contributed by atoms with van der Waals surface area (Å²) in [4.78, 5) is 37.9. The zero-order valence-corrected chi connectivity index (χ0v) is 20.4. The number of hydrogen-bond acceptors (Lipinski definition) is 8. The quantitative estimate of drug-likeness (QED) is 0.417. The van der Waals surface area contributed by atoms with Crippen LogP contribution in [0.5, 0.6) is 0 Å². The van der Waals surface area contributed by atoms with E-state index in [-0.39, 0.29) is 30.6 Å². The minimum absolute atomic E-state index is 0.0326. The first-order valence-electron chi connectivity index (χ1n) is 11.7. The van der Waals surface area contributed by atoms with E-state index in [0.29, 0.717) is 40.4 Å². The number of rotatable bonds is 6. The summed E-state index contributed by atoms with van der Waals surface area (Å²) in [6.45, 7) is 1.73. The molecule has 0 unspecified atom stereocenters. The maximum absolute atomic E-state index is 13.7. The predicted molar refractivity (Wildman–Crippen MR) is 139 cm³/mol. The molecular weight excluding hydrogens is 474 g/mol. The van der Waals surface area contributed by atoms with Gasteiger partial charge < -0.3 is 16.0 Å². The number of benzene rings is 1. The largest absolute Gasteiger partial charge is 0.346 e. The summed E-state index contributed by atoms with van der Waals surface area (Å²) < 4.78 is 2.00. The van der Waals surface area contributed by atoms with E-state index in [4.69, 9.17) is 10.7 Å². The summed E-state index contributed by atoms with van der Waals surface area (Å²) in [6, 6.07) is 14.9. The maximum atomic E-state index is 13.7. The fraction of sp³-hybridized carbons (Fsp3) is 0.269. The number of nitrogens with zero attached hydrogens (tertiary/aromatic N) is 5. The molecule has 1 aliphatic heterocycles. The lowest BCUT2D eigenvalue weighted by Gasteiger charge is -2.33. The highest BCUT2D eigenvalue weighted by Crippen LogP contribution is 2.26. The Morgan fingerprint density at radius 2 is 2.08 bits per heavy atom. The maximum Gasteiger partial charge on any atom is 0.273 e. The van der Waals surface area contributed by atoms with E-state index in [1.54, 1.807) is 28.3 Å². The minimum Gasteiger partial charge on any atom is -0.346 e. The van der Waals surface area contributed by atoms with Crippen molar-refractivity contribution in [2.45, 2.75) is 32.0 Å². The molecule has 1 amide bonds. The van der Waals surface area contributed by atoms with Crippen molar-refractivity contribution < 1.29 is 4.79 Å². The lowest BCUT2D eigenvalue weighted by atomic mass is 10.1. The summed E-state index contributed by atoms with van der Waals surface area (Å²) in [5.41, 5.74) is 8.71. The molecule has 4 heterocycles. The number of nitrogens with two attached hydrogens (primary N) is 1. The monoisotopic (exact) mass is 499 g/mol. The number of pyridine rings is 1. The highest BCUT2D eigenvalue weighted by Gasteiger charge is 2.25. The van der Waals surface area contributed by atoms with E-state index in [1.165, 1.54) is 11.3 Å². The third-order valence-corrected chi connectivity index (χ3v) is 7.22. The smallest absolute Gasteiger partial charge is 0.273 e. The Balaban J connectivity index is 1.57. The van der Waals surface area contributed by atoms with Gasteiger partial charge in [-0.25, -0.2) is 4.98 Å². The third kappa shape index (κ3) is 4.71. The van der Waals surface area contributed by atoms with Gasteiger partial charge >= 0.3 is 0 Å². The third-order valence-electron chi connectivity index (χ3n) is 6.27.